The van der Waals surface area contributed by atoms with Crippen LogP contribution in [0.15, 0.2) is 24.3 Å². The first kappa shape index (κ1) is 19.9. The van der Waals surface area contributed by atoms with E-state index in [-0.39, 0.29) is 11.8 Å². The normalized spacial score (nSPS) is 19.5. The summed E-state index contributed by atoms with van der Waals surface area (Å²) in [5, 5.41) is 12.3. The Morgan fingerprint density at radius 3 is 2.90 bits per heavy atom. The highest BCUT2D eigenvalue weighted by atomic mass is 16.5. The number of ether oxygens (including phenoxy) is 1. The van der Waals surface area contributed by atoms with Crippen LogP contribution in [0.3, 0.4) is 0 Å². The lowest BCUT2D eigenvalue weighted by atomic mass is 9.96. The number of carbonyl (C=O) groups is 1. The van der Waals surface area contributed by atoms with Crippen molar-refractivity contribution in [2.45, 2.75) is 51.5 Å². The first-order valence-electron chi connectivity index (χ1n) is 10.9. The molecular weight excluding hydrogens is 366 g/mol. The molecule has 0 radical (unpaired) electrons. The molecule has 3 heterocycles. The quantitative estimate of drug-likeness (QED) is 0.809. The van der Waals surface area contributed by atoms with Crippen molar-refractivity contribution in [1.82, 2.24) is 25.0 Å². The van der Waals surface area contributed by atoms with Crippen LogP contribution < -0.4 is 10.1 Å². The largest absolute Gasteiger partial charge is 0.494 e. The van der Waals surface area contributed by atoms with Crippen LogP contribution >= 0.6 is 0 Å². The number of nitrogens with one attached hydrogen (secondary N) is 1. The van der Waals surface area contributed by atoms with Gasteiger partial charge in [0.1, 0.15) is 17.4 Å². The van der Waals surface area contributed by atoms with Crippen molar-refractivity contribution in [1.29, 1.82) is 0 Å². The van der Waals surface area contributed by atoms with Gasteiger partial charge in [-0.1, -0.05) is 12.1 Å². The average molecular weight is 398 g/mol. The van der Waals surface area contributed by atoms with Crippen molar-refractivity contribution in [3.05, 3.63) is 41.5 Å². The van der Waals surface area contributed by atoms with Gasteiger partial charge in [0, 0.05) is 51.5 Å². The summed E-state index contributed by atoms with van der Waals surface area (Å²) in [5.41, 5.74) is 1.17. The summed E-state index contributed by atoms with van der Waals surface area (Å²) in [6.45, 7) is 7.08. The van der Waals surface area contributed by atoms with Gasteiger partial charge >= 0.3 is 0 Å². The predicted octanol–water partition coefficient (Wildman–Crippen LogP) is 2.16. The predicted molar refractivity (Wildman–Crippen MR) is 111 cm³/mol. The average Bonchev–Trinajstić information content (AvgIpc) is 3.01. The maximum Gasteiger partial charge on any atom is 0.222 e. The SMILES string of the molecule is CCOc1ccc(CCC(=O)N2CCCC(c3nnc4n3CCNCC4)C2)cc1. The fraction of sp³-hybridized carbons (Fsp3) is 0.591. The van der Waals surface area contributed by atoms with Gasteiger partial charge in [-0.2, -0.15) is 0 Å². The Balaban J connectivity index is 1.34. The van der Waals surface area contributed by atoms with E-state index in [0.717, 1.165) is 75.8 Å². The van der Waals surface area contributed by atoms with Gasteiger partial charge in [0.25, 0.3) is 0 Å². The number of rotatable bonds is 6. The highest BCUT2D eigenvalue weighted by Crippen LogP contribution is 2.27. The van der Waals surface area contributed by atoms with Crippen LogP contribution in [0.25, 0.3) is 0 Å². The molecule has 0 spiro atoms. The van der Waals surface area contributed by atoms with E-state index < -0.39 is 0 Å². The molecule has 2 aromatic rings. The van der Waals surface area contributed by atoms with Gasteiger partial charge in [-0.15, -0.1) is 10.2 Å². The lowest BCUT2D eigenvalue weighted by Gasteiger charge is -2.32. The van der Waals surface area contributed by atoms with Crippen molar-refractivity contribution in [3.63, 3.8) is 0 Å². The molecule has 7 heteroatoms. The summed E-state index contributed by atoms with van der Waals surface area (Å²) in [5.74, 6) is 3.54. The lowest BCUT2D eigenvalue weighted by molar-refractivity contribution is -0.132. The van der Waals surface area contributed by atoms with Gasteiger partial charge in [-0.05, 0) is 43.9 Å². The van der Waals surface area contributed by atoms with Crippen LogP contribution in [-0.2, 0) is 24.2 Å². The van der Waals surface area contributed by atoms with Gasteiger partial charge in [-0.25, -0.2) is 0 Å². The van der Waals surface area contributed by atoms with Crippen molar-refractivity contribution >= 4 is 5.91 Å². The van der Waals surface area contributed by atoms with Gasteiger partial charge in [0.2, 0.25) is 5.91 Å². The molecule has 0 saturated carbocycles. The molecule has 1 aromatic carbocycles. The molecule has 7 nitrogen and oxygen atoms in total. The molecule has 1 saturated heterocycles. The maximum atomic E-state index is 12.8. The third-order valence-electron chi connectivity index (χ3n) is 5.89. The number of piperidine rings is 1. The Labute approximate surface area is 172 Å². The van der Waals surface area contributed by atoms with E-state index in [2.05, 4.69) is 32.2 Å². The smallest absolute Gasteiger partial charge is 0.222 e. The monoisotopic (exact) mass is 397 g/mol. The van der Waals surface area contributed by atoms with E-state index >= 15 is 0 Å². The molecule has 1 N–H and O–H groups in total. The van der Waals surface area contributed by atoms with E-state index in [1.807, 2.05) is 24.0 Å². The first-order chi connectivity index (χ1) is 14.2. The lowest BCUT2D eigenvalue weighted by Crippen LogP contribution is -2.40. The van der Waals surface area contributed by atoms with Crippen LogP contribution in [-0.4, -0.2) is 58.4 Å². The van der Waals surface area contributed by atoms with Crippen molar-refractivity contribution in [3.8, 4) is 5.75 Å². The third kappa shape index (κ3) is 4.78. The van der Waals surface area contributed by atoms with E-state index in [0.29, 0.717) is 13.0 Å². The summed E-state index contributed by atoms with van der Waals surface area (Å²) in [4.78, 5) is 14.9. The number of hydrogen-bond donors (Lipinski definition) is 1. The van der Waals surface area contributed by atoms with Crippen LogP contribution in [0.2, 0.25) is 0 Å². The zero-order valence-corrected chi connectivity index (χ0v) is 17.3. The second-order valence-corrected chi connectivity index (χ2v) is 7.88. The molecule has 4 rings (SSSR count). The van der Waals surface area contributed by atoms with Gasteiger partial charge in [0.15, 0.2) is 0 Å². The third-order valence-corrected chi connectivity index (χ3v) is 5.89. The van der Waals surface area contributed by atoms with Crippen molar-refractivity contribution < 1.29 is 9.53 Å². The number of aryl methyl sites for hydroxylation is 1. The summed E-state index contributed by atoms with van der Waals surface area (Å²) >= 11 is 0. The first-order valence-corrected chi connectivity index (χ1v) is 10.9. The zero-order valence-electron chi connectivity index (χ0n) is 17.3. The molecule has 29 heavy (non-hydrogen) atoms. The number of amides is 1. The molecule has 1 atom stereocenters. The molecule has 1 amide bonds. The second-order valence-electron chi connectivity index (χ2n) is 7.88. The number of benzene rings is 1. The van der Waals surface area contributed by atoms with Crippen LogP contribution in [0.1, 0.15) is 49.3 Å². The highest BCUT2D eigenvalue weighted by Gasteiger charge is 2.29. The Hall–Kier alpha value is -2.41. The molecule has 2 aliphatic rings. The number of hydrogen-bond acceptors (Lipinski definition) is 5. The number of nitrogens with zero attached hydrogens (tertiary/aromatic N) is 4. The number of carbonyl (C=O) groups excluding carboxylic acids is 1. The molecular formula is C22H31N5O2. The summed E-state index contributed by atoms with van der Waals surface area (Å²) in [6.07, 6.45) is 4.33. The van der Waals surface area contributed by atoms with Crippen LogP contribution in [0.5, 0.6) is 5.75 Å². The Morgan fingerprint density at radius 1 is 1.21 bits per heavy atom. The van der Waals surface area contributed by atoms with E-state index in [1.165, 1.54) is 5.56 Å². The molecule has 2 aliphatic heterocycles. The Kier molecular flexibility index (Phi) is 6.44. The minimum atomic E-state index is 0.237. The molecule has 0 bridgehead atoms. The van der Waals surface area contributed by atoms with Gasteiger partial charge in [0.05, 0.1) is 6.61 Å². The fourth-order valence-electron chi connectivity index (χ4n) is 4.34. The highest BCUT2D eigenvalue weighted by molar-refractivity contribution is 5.76. The van der Waals surface area contributed by atoms with Crippen molar-refractivity contribution in [2.75, 3.05) is 32.8 Å². The van der Waals surface area contributed by atoms with Gasteiger partial charge in [-0.3, -0.25) is 4.79 Å². The van der Waals surface area contributed by atoms with Crippen molar-refractivity contribution in [2.24, 2.45) is 0 Å². The second kappa shape index (κ2) is 9.39. The number of likely N-dealkylation sites (tertiary alicyclic amines) is 1. The Bertz CT molecular complexity index is 817. The topological polar surface area (TPSA) is 72.3 Å². The van der Waals surface area contributed by atoms with Gasteiger partial charge < -0.3 is 19.5 Å². The standard InChI is InChI=1S/C22H31N5O2/c1-2-29-19-8-5-17(6-9-19)7-10-21(28)26-14-3-4-18(16-26)22-25-24-20-11-12-23-13-15-27(20)22/h5-6,8-9,18,23H,2-4,7,10-16H2,1H3. The molecule has 1 aromatic heterocycles. The summed E-state index contributed by atoms with van der Waals surface area (Å²) < 4.78 is 7.76. The Morgan fingerprint density at radius 2 is 2.07 bits per heavy atom. The van der Waals surface area contributed by atoms with E-state index in [4.69, 9.17) is 4.74 Å². The fourth-order valence-corrected chi connectivity index (χ4v) is 4.34. The maximum absolute atomic E-state index is 12.8. The minimum absolute atomic E-state index is 0.237. The van der Waals surface area contributed by atoms with Crippen LogP contribution in [0.4, 0.5) is 0 Å². The van der Waals surface area contributed by atoms with E-state index in [9.17, 15) is 4.79 Å². The molecule has 1 unspecified atom stereocenters. The number of aromatic nitrogens is 3. The zero-order chi connectivity index (χ0) is 20.1. The summed E-state index contributed by atoms with van der Waals surface area (Å²) in [7, 11) is 0. The van der Waals surface area contributed by atoms with Crippen LogP contribution in [0, 0.1) is 0 Å². The molecule has 0 aliphatic carbocycles. The summed E-state index contributed by atoms with van der Waals surface area (Å²) in [6, 6.07) is 8.06. The number of fused-ring (bicyclic) bond motifs is 1. The minimum Gasteiger partial charge on any atom is -0.494 e. The molecule has 1 fully saturated rings. The molecule has 156 valence electrons. The van der Waals surface area contributed by atoms with E-state index in [1.54, 1.807) is 0 Å².